The van der Waals surface area contributed by atoms with E-state index in [0.29, 0.717) is 16.7 Å². The van der Waals surface area contributed by atoms with Gasteiger partial charge in [-0.25, -0.2) is 9.37 Å². The van der Waals surface area contributed by atoms with E-state index in [1.165, 1.54) is 12.1 Å². The highest BCUT2D eigenvalue weighted by molar-refractivity contribution is 6.01. The van der Waals surface area contributed by atoms with Crippen LogP contribution >= 0.6 is 0 Å². The highest BCUT2D eigenvalue weighted by atomic mass is 19.1. The van der Waals surface area contributed by atoms with Gasteiger partial charge < -0.3 is 11.5 Å². The Morgan fingerprint density at radius 1 is 0.947 bits per heavy atom. The van der Waals surface area contributed by atoms with Crippen molar-refractivity contribution in [1.29, 1.82) is 0 Å². The summed E-state index contributed by atoms with van der Waals surface area (Å²) in [5, 5.41) is 0.683. The van der Waals surface area contributed by atoms with Crippen molar-refractivity contribution in [1.82, 2.24) is 9.97 Å². The third-order valence-electron chi connectivity index (χ3n) is 2.90. The van der Waals surface area contributed by atoms with E-state index in [2.05, 4.69) is 9.97 Å². The Bertz CT molecular complexity index is 770. The summed E-state index contributed by atoms with van der Waals surface area (Å²) in [5.74, 6) is 0.119. The number of anilines is 2. The fourth-order valence-corrected chi connectivity index (χ4v) is 2.13. The smallest absolute Gasteiger partial charge is 0.222 e. The summed E-state index contributed by atoms with van der Waals surface area (Å²) in [4.78, 5) is 8.10. The molecule has 0 spiro atoms. The number of hydrogen-bond donors (Lipinski definition) is 2. The lowest BCUT2D eigenvalue weighted by Gasteiger charge is -2.09. The van der Waals surface area contributed by atoms with Crippen LogP contribution in [0.2, 0.25) is 0 Å². The molecule has 0 aliphatic heterocycles. The Morgan fingerprint density at radius 2 is 1.74 bits per heavy atom. The molecule has 1 aromatic heterocycles. The largest absolute Gasteiger partial charge is 0.383 e. The minimum atomic E-state index is -0.301. The highest BCUT2D eigenvalue weighted by Crippen LogP contribution is 2.31. The zero-order valence-corrected chi connectivity index (χ0v) is 9.97. The van der Waals surface area contributed by atoms with E-state index in [4.69, 9.17) is 11.5 Å². The van der Waals surface area contributed by atoms with Crippen molar-refractivity contribution in [3.05, 3.63) is 48.3 Å². The molecule has 0 atom stereocenters. The normalized spacial score (nSPS) is 10.8. The summed E-state index contributed by atoms with van der Waals surface area (Å²) in [5.41, 5.74) is 13.6. The lowest BCUT2D eigenvalue weighted by molar-refractivity contribution is 0.628. The van der Waals surface area contributed by atoms with Gasteiger partial charge >= 0.3 is 0 Å². The minimum Gasteiger partial charge on any atom is -0.383 e. The first-order chi connectivity index (χ1) is 9.15. The maximum atomic E-state index is 13.3. The molecule has 0 aliphatic rings. The Hall–Kier alpha value is -2.69. The number of benzene rings is 2. The van der Waals surface area contributed by atoms with Gasteiger partial charge in [-0.1, -0.05) is 24.3 Å². The summed E-state index contributed by atoms with van der Waals surface area (Å²) < 4.78 is 13.3. The Labute approximate surface area is 108 Å². The predicted molar refractivity (Wildman–Crippen MR) is 73.8 cm³/mol. The van der Waals surface area contributed by atoms with Crippen molar-refractivity contribution in [2.24, 2.45) is 0 Å². The fraction of sp³-hybridized carbons (Fsp3) is 0. The van der Waals surface area contributed by atoms with Crippen LogP contribution in [-0.2, 0) is 0 Å². The molecule has 0 amide bonds. The van der Waals surface area contributed by atoms with Gasteiger partial charge in [0.2, 0.25) is 5.95 Å². The summed E-state index contributed by atoms with van der Waals surface area (Å²) in [6.45, 7) is 0. The monoisotopic (exact) mass is 254 g/mol. The number of rotatable bonds is 1. The van der Waals surface area contributed by atoms with Crippen LogP contribution in [0.5, 0.6) is 0 Å². The van der Waals surface area contributed by atoms with Crippen LogP contribution < -0.4 is 11.5 Å². The number of nitrogen functional groups attached to an aromatic ring is 2. The molecule has 4 nitrogen and oxygen atoms in total. The van der Waals surface area contributed by atoms with E-state index < -0.39 is 0 Å². The Balaban J connectivity index is 2.36. The summed E-state index contributed by atoms with van der Waals surface area (Å²) >= 11 is 0. The molecule has 0 bridgehead atoms. The SMILES string of the molecule is Nc1nc(N)c2c(-c3cccc(F)c3)cccc2n1. The lowest BCUT2D eigenvalue weighted by Crippen LogP contribution is -2.01. The van der Waals surface area contributed by atoms with Crippen LogP contribution in [0.25, 0.3) is 22.0 Å². The third kappa shape index (κ3) is 1.95. The van der Waals surface area contributed by atoms with Crippen LogP contribution in [0.15, 0.2) is 42.5 Å². The number of fused-ring (bicyclic) bond motifs is 1. The molecule has 0 saturated heterocycles. The van der Waals surface area contributed by atoms with Gasteiger partial charge in [-0.15, -0.1) is 0 Å². The molecule has 0 unspecified atom stereocenters. The Morgan fingerprint density at radius 3 is 2.53 bits per heavy atom. The second-order valence-electron chi connectivity index (χ2n) is 4.18. The van der Waals surface area contributed by atoms with Gasteiger partial charge in [0.05, 0.1) is 10.9 Å². The van der Waals surface area contributed by atoms with Gasteiger partial charge in [-0.05, 0) is 29.3 Å². The average molecular weight is 254 g/mol. The molecule has 4 N–H and O–H groups in total. The second-order valence-corrected chi connectivity index (χ2v) is 4.18. The quantitative estimate of drug-likeness (QED) is 0.699. The molecule has 19 heavy (non-hydrogen) atoms. The van der Waals surface area contributed by atoms with E-state index in [1.807, 2.05) is 18.2 Å². The second kappa shape index (κ2) is 4.20. The molecule has 5 heteroatoms. The first kappa shape index (κ1) is 11.4. The molecule has 0 radical (unpaired) electrons. The highest BCUT2D eigenvalue weighted by Gasteiger charge is 2.10. The summed E-state index contributed by atoms with van der Waals surface area (Å²) in [6.07, 6.45) is 0. The molecule has 0 saturated carbocycles. The molecule has 0 aliphatic carbocycles. The van der Waals surface area contributed by atoms with Crippen molar-refractivity contribution >= 4 is 22.7 Å². The van der Waals surface area contributed by atoms with Crippen LogP contribution in [-0.4, -0.2) is 9.97 Å². The van der Waals surface area contributed by atoms with Crippen molar-refractivity contribution in [2.75, 3.05) is 11.5 Å². The molecular weight excluding hydrogens is 243 g/mol. The lowest BCUT2D eigenvalue weighted by atomic mass is 10.0. The maximum absolute atomic E-state index is 13.3. The van der Waals surface area contributed by atoms with E-state index in [0.717, 1.165) is 11.1 Å². The first-order valence-electron chi connectivity index (χ1n) is 5.73. The van der Waals surface area contributed by atoms with Crippen LogP contribution in [0, 0.1) is 5.82 Å². The van der Waals surface area contributed by atoms with Gasteiger partial charge in [0.15, 0.2) is 0 Å². The number of hydrogen-bond acceptors (Lipinski definition) is 4. The number of nitrogens with zero attached hydrogens (tertiary/aromatic N) is 2. The molecule has 94 valence electrons. The molecular formula is C14H11FN4. The predicted octanol–water partition coefficient (Wildman–Crippen LogP) is 2.60. The van der Waals surface area contributed by atoms with Crippen LogP contribution in [0.4, 0.5) is 16.2 Å². The van der Waals surface area contributed by atoms with Crippen molar-refractivity contribution in [3.63, 3.8) is 0 Å². The number of aromatic nitrogens is 2. The van der Waals surface area contributed by atoms with Crippen molar-refractivity contribution < 1.29 is 4.39 Å². The number of halogens is 1. The van der Waals surface area contributed by atoms with Crippen LogP contribution in [0.3, 0.4) is 0 Å². The average Bonchev–Trinajstić information content (AvgIpc) is 2.37. The zero-order chi connectivity index (χ0) is 13.4. The Kier molecular flexibility index (Phi) is 2.52. The van der Waals surface area contributed by atoms with E-state index in [1.54, 1.807) is 12.1 Å². The van der Waals surface area contributed by atoms with E-state index in [9.17, 15) is 4.39 Å². The van der Waals surface area contributed by atoms with Gasteiger partial charge in [-0.3, -0.25) is 0 Å². The third-order valence-corrected chi connectivity index (χ3v) is 2.90. The zero-order valence-electron chi connectivity index (χ0n) is 9.97. The van der Waals surface area contributed by atoms with Gasteiger partial charge in [0, 0.05) is 0 Å². The molecule has 3 rings (SSSR count). The summed E-state index contributed by atoms with van der Waals surface area (Å²) in [7, 11) is 0. The van der Waals surface area contributed by atoms with Gasteiger partial charge in [0.1, 0.15) is 11.6 Å². The van der Waals surface area contributed by atoms with E-state index >= 15 is 0 Å². The standard InChI is InChI=1S/C14H11FN4/c15-9-4-1-3-8(7-9)10-5-2-6-11-12(10)13(16)19-14(17)18-11/h1-7H,(H4,16,17,18,19). The summed E-state index contributed by atoms with van der Waals surface area (Å²) in [6, 6.07) is 11.8. The van der Waals surface area contributed by atoms with Gasteiger partial charge in [0.25, 0.3) is 0 Å². The minimum absolute atomic E-state index is 0.126. The van der Waals surface area contributed by atoms with Gasteiger partial charge in [-0.2, -0.15) is 4.98 Å². The molecule has 0 fully saturated rings. The van der Waals surface area contributed by atoms with E-state index in [-0.39, 0.29) is 11.8 Å². The maximum Gasteiger partial charge on any atom is 0.222 e. The molecule has 3 aromatic rings. The molecule has 1 heterocycles. The first-order valence-corrected chi connectivity index (χ1v) is 5.73. The molecule has 2 aromatic carbocycles. The van der Waals surface area contributed by atoms with Crippen molar-refractivity contribution in [3.8, 4) is 11.1 Å². The number of nitrogens with two attached hydrogens (primary N) is 2. The van der Waals surface area contributed by atoms with Crippen LogP contribution in [0.1, 0.15) is 0 Å². The fourth-order valence-electron chi connectivity index (χ4n) is 2.13. The van der Waals surface area contributed by atoms with Crippen molar-refractivity contribution in [2.45, 2.75) is 0 Å². The topological polar surface area (TPSA) is 77.8 Å².